The maximum Gasteiger partial charge on any atom is 0.363 e. The van der Waals surface area contributed by atoms with Crippen LogP contribution in [0.2, 0.25) is 5.02 Å². The topological polar surface area (TPSA) is 117 Å². The molecule has 2 aromatic carbocycles. The summed E-state index contributed by atoms with van der Waals surface area (Å²) >= 11 is 5.80. The summed E-state index contributed by atoms with van der Waals surface area (Å²) in [6, 6.07) is 8.68. The molecule has 0 fully saturated rings. The first-order chi connectivity index (χ1) is 14.3. The second kappa shape index (κ2) is 8.75. The van der Waals surface area contributed by atoms with E-state index in [9.17, 15) is 19.7 Å². The molecule has 1 heterocycles. The third kappa shape index (κ3) is 4.47. The average molecular weight is 431 g/mol. The third-order valence-corrected chi connectivity index (χ3v) is 4.33. The number of methoxy groups -OCH3 is 1. The van der Waals surface area contributed by atoms with Crippen molar-refractivity contribution in [2.24, 2.45) is 4.99 Å². The van der Waals surface area contributed by atoms with E-state index in [2.05, 4.69) is 4.99 Å². The van der Waals surface area contributed by atoms with Crippen LogP contribution in [0.15, 0.2) is 47.1 Å². The number of halogens is 1. The highest BCUT2D eigenvalue weighted by Crippen LogP contribution is 2.31. The summed E-state index contributed by atoms with van der Waals surface area (Å²) in [7, 11) is 1.42. The Bertz CT molecular complexity index is 1110. The number of cyclic esters (lactones) is 1. The van der Waals surface area contributed by atoms with Gasteiger partial charge in [0.05, 0.1) is 12.0 Å². The first-order valence-corrected chi connectivity index (χ1v) is 9.05. The highest BCUT2D eigenvalue weighted by molar-refractivity contribution is 6.32. The van der Waals surface area contributed by atoms with Crippen LogP contribution >= 0.6 is 11.6 Å². The van der Waals surface area contributed by atoms with E-state index in [1.165, 1.54) is 37.5 Å². The first kappa shape index (κ1) is 21.0. The van der Waals surface area contributed by atoms with E-state index in [1.54, 1.807) is 19.1 Å². The molecule has 0 bridgehead atoms. The fourth-order valence-corrected chi connectivity index (χ4v) is 2.72. The fourth-order valence-electron chi connectivity index (χ4n) is 2.53. The number of nitrogens with zero attached hydrogens (tertiary/aromatic N) is 2. The van der Waals surface area contributed by atoms with Gasteiger partial charge in [0, 0.05) is 18.1 Å². The molecule has 0 aliphatic carbocycles. The normalized spacial score (nSPS) is 14.3. The standard InChI is InChI=1S/C20H15ClN2O7/c1-3-18(24)29-16-7-4-11(9-17(16)28-2)8-14-20(25)30-19(22-14)12-5-6-13(21)15(10-12)23(26)27/h4-10H,3H2,1-2H3/b14-8-. The predicted octanol–water partition coefficient (Wildman–Crippen LogP) is 3.92. The van der Waals surface area contributed by atoms with Crippen LogP contribution in [0, 0.1) is 10.1 Å². The van der Waals surface area contributed by atoms with Gasteiger partial charge in [0.15, 0.2) is 17.2 Å². The minimum atomic E-state index is -0.719. The number of benzene rings is 2. The van der Waals surface area contributed by atoms with Crippen LogP contribution in [0.5, 0.6) is 11.5 Å². The lowest BCUT2D eigenvalue weighted by molar-refractivity contribution is -0.384. The molecule has 0 saturated heterocycles. The Morgan fingerprint density at radius 2 is 2.03 bits per heavy atom. The molecule has 0 radical (unpaired) electrons. The quantitative estimate of drug-likeness (QED) is 0.224. The number of nitro groups is 1. The van der Waals surface area contributed by atoms with Crippen LogP contribution < -0.4 is 9.47 Å². The number of hydrogen-bond donors (Lipinski definition) is 0. The average Bonchev–Trinajstić information content (AvgIpc) is 3.09. The first-order valence-electron chi connectivity index (χ1n) is 8.68. The van der Waals surface area contributed by atoms with Gasteiger partial charge in [-0.1, -0.05) is 24.6 Å². The molecule has 0 N–H and O–H groups in total. The zero-order valence-corrected chi connectivity index (χ0v) is 16.6. The highest BCUT2D eigenvalue weighted by atomic mass is 35.5. The molecule has 154 valence electrons. The van der Waals surface area contributed by atoms with Gasteiger partial charge in [-0.25, -0.2) is 9.79 Å². The van der Waals surface area contributed by atoms with Crippen molar-refractivity contribution in [3.05, 3.63) is 68.4 Å². The van der Waals surface area contributed by atoms with E-state index in [4.69, 9.17) is 25.8 Å². The van der Waals surface area contributed by atoms with Gasteiger partial charge in [-0.2, -0.15) is 0 Å². The van der Waals surface area contributed by atoms with E-state index >= 15 is 0 Å². The van der Waals surface area contributed by atoms with Gasteiger partial charge in [0.2, 0.25) is 5.90 Å². The molecule has 0 saturated carbocycles. The Hall–Kier alpha value is -3.72. The Kier molecular flexibility index (Phi) is 6.12. The number of carbonyl (C=O) groups excluding carboxylic acids is 2. The van der Waals surface area contributed by atoms with E-state index < -0.39 is 16.9 Å². The zero-order valence-electron chi connectivity index (χ0n) is 15.9. The molecule has 0 spiro atoms. The second-order valence-electron chi connectivity index (χ2n) is 6.00. The molecular weight excluding hydrogens is 416 g/mol. The minimum Gasteiger partial charge on any atom is -0.493 e. The van der Waals surface area contributed by atoms with Crippen molar-refractivity contribution in [3.8, 4) is 11.5 Å². The summed E-state index contributed by atoms with van der Waals surface area (Å²) < 4.78 is 15.5. The van der Waals surface area contributed by atoms with Crippen LogP contribution in [0.3, 0.4) is 0 Å². The summed E-state index contributed by atoms with van der Waals surface area (Å²) in [5.41, 5.74) is 0.444. The molecule has 0 atom stereocenters. The summed E-state index contributed by atoms with van der Waals surface area (Å²) in [5, 5.41) is 11.0. The van der Waals surface area contributed by atoms with Gasteiger partial charge in [-0.3, -0.25) is 14.9 Å². The molecule has 10 heteroatoms. The van der Waals surface area contributed by atoms with Gasteiger partial charge >= 0.3 is 11.9 Å². The fraction of sp³-hybridized carbons (Fsp3) is 0.150. The van der Waals surface area contributed by atoms with Crippen LogP contribution in [-0.2, 0) is 14.3 Å². The van der Waals surface area contributed by atoms with Gasteiger partial charge in [0.1, 0.15) is 5.02 Å². The molecule has 0 unspecified atom stereocenters. The smallest absolute Gasteiger partial charge is 0.363 e. The van der Waals surface area contributed by atoms with E-state index in [0.29, 0.717) is 11.3 Å². The van der Waals surface area contributed by atoms with Gasteiger partial charge in [-0.15, -0.1) is 0 Å². The summed E-state index contributed by atoms with van der Waals surface area (Å²) in [6.07, 6.45) is 1.66. The lowest BCUT2D eigenvalue weighted by atomic mass is 10.1. The molecule has 3 rings (SSSR count). The van der Waals surface area contributed by atoms with Crippen LogP contribution in [0.4, 0.5) is 5.69 Å². The number of esters is 2. The molecular formula is C20H15ClN2O7. The Morgan fingerprint density at radius 1 is 1.27 bits per heavy atom. The number of nitro benzene ring substituents is 1. The molecule has 1 aliphatic rings. The van der Waals surface area contributed by atoms with Crippen LogP contribution in [0.1, 0.15) is 24.5 Å². The maximum absolute atomic E-state index is 12.2. The zero-order chi connectivity index (χ0) is 21.8. The monoisotopic (exact) mass is 430 g/mol. The number of ether oxygens (including phenoxy) is 3. The number of rotatable bonds is 6. The Balaban J connectivity index is 1.92. The SMILES string of the molecule is CCC(=O)Oc1ccc(/C=C2\N=C(c3ccc(Cl)c([N+](=O)[O-])c3)OC2=O)cc1OC. The van der Waals surface area contributed by atoms with Crippen molar-refractivity contribution in [2.75, 3.05) is 7.11 Å². The Morgan fingerprint density at radius 3 is 2.70 bits per heavy atom. The molecule has 2 aromatic rings. The second-order valence-corrected chi connectivity index (χ2v) is 6.40. The van der Waals surface area contributed by atoms with Crippen molar-refractivity contribution in [2.45, 2.75) is 13.3 Å². The number of hydrogen-bond acceptors (Lipinski definition) is 8. The van der Waals surface area contributed by atoms with E-state index in [-0.39, 0.29) is 40.0 Å². The van der Waals surface area contributed by atoms with Gasteiger partial charge < -0.3 is 14.2 Å². The van der Waals surface area contributed by atoms with Crippen molar-refractivity contribution < 1.29 is 28.7 Å². The van der Waals surface area contributed by atoms with Crippen molar-refractivity contribution >= 4 is 41.2 Å². The molecule has 0 aromatic heterocycles. The van der Waals surface area contributed by atoms with Gasteiger partial charge in [-0.05, 0) is 35.9 Å². The van der Waals surface area contributed by atoms with Crippen LogP contribution in [0.25, 0.3) is 6.08 Å². The molecule has 9 nitrogen and oxygen atoms in total. The largest absolute Gasteiger partial charge is 0.493 e. The number of carbonyl (C=O) groups is 2. The highest BCUT2D eigenvalue weighted by Gasteiger charge is 2.26. The third-order valence-electron chi connectivity index (χ3n) is 4.01. The van der Waals surface area contributed by atoms with Crippen molar-refractivity contribution in [1.29, 1.82) is 0 Å². The maximum atomic E-state index is 12.2. The summed E-state index contributed by atoms with van der Waals surface area (Å²) in [4.78, 5) is 38.2. The Labute approximate surface area is 175 Å². The van der Waals surface area contributed by atoms with Crippen LogP contribution in [-0.4, -0.2) is 29.9 Å². The lowest BCUT2D eigenvalue weighted by Gasteiger charge is -2.09. The predicted molar refractivity (Wildman–Crippen MR) is 108 cm³/mol. The summed E-state index contributed by atoms with van der Waals surface area (Å²) in [5.74, 6) is -0.659. The van der Waals surface area contributed by atoms with Gasteiger partial charge in [0.25, 0.3) is 5.69 Å². The van der Waals surface area contributed by atoms with Crippen molar-refractivity contribution in [3.63, 3.8) is 0 Å². The van der Waals surface area contributed by atoms with E-state index in [0.717, 1.165) is 0 Å². The lowest BCUT2D eigenvalue weighted by Crippen LogP contribution is -2.06. The molecule has 1 aliphatic heterocycles. The molecule has 0 amide bonds. The molecule has 30 heavy (non-hydrogen) atoms. The summed E-state index contributed by atoms with van der Waals surface area (Å²) in [6.45, 7) is 1.67. The van der Waals surface area contributed by atoms with E-state index in [1.807, 2.05) is 0 Å². The van der Waals surface area contributed by atoms with Crippen molar-refractivity contribution in [1.82, 2.24) is 0 Å². The minimum absolute atomic E-state index is 0.0111. The number of aliphatic imine (C=N–C) groups is 1.